The fourth-order valence-corrected chi connectivity index (χ4v) is 5.18. The lowest BCUT2D eigenvalue weighted by atomic mass is 9.98. The number of rotatable bonds is 6. The summed E-state index contributed by atoms with van der Waals surface area (Å²) < 4.78 is 19.1. The largest absolute Gasteiger partial charge is 0.497 e. The SMILES string of the molecule is COc1ccc([C@H]2CC(c3ccc(C)cc3)=NN2C(=O)CN2N=N[C@@H]3C(=O)N(c4cccc(F)c4)C(=O)[C@@H]32)cc1. The number of ether oxygens (including phenoxy) is 1. The Balaban J connectivity index is 1.26. The van der Waals surface area contributed by atoms with Gasteiger partial charge in [0, 0.05) is 6.42 Å². The lowest BCUT2D eigenvalue weighted by Gasteiger charge is -2.25. The van der Waals surface area contributed by atoms with E-state index in [1.54, 1.807) is 7.11 Å². The fraction of sp³-hybridized carbons (Fsp3) is 0.241. The third-order valence-electron chi connectivity index (χ3n) is 7.27. The van der Waals surface area contributed by atoms with Crippen molar-refractivity contribution in [2.24, 2.45) is 15.4 Å². The maximum absolute atomic E-state index is 13.8. The summed E-state index contributed by atoms with van der Waals surface area (Å²) >= 11 is 0. The van der Waals surface area contributed by atoms with Crippen molar-refractivity contribution < 1.29 is 23.5 Å². The van der Waals surface area contributed by atoms with E-state index in [1.807, 2.05) is 55.5 Å². The van der Waals surface area contributed by atoms with Crippen LogP contribution in [0.15, 0.2) is 88.2 Å². The first-order valence-electron chi connectivity index (χ1n) is 12.8. The average molecular weight is 541 g/mol. The number of anilines is 1. The molecule has 0 spiro atoms. The van der Waals surface area contributed by atoms with Gasteiger partial charge in [0.1, 0.15) is 18.1 Å². The van der Waals surface area contributed by atoms with Crippen molar-refractivity contribution in [2.75, 3.05) is 18.6 Å². The molecule has 1 saturated heterocycles. The summed E-state index contributed by atoms with van der Waals surface area (Å²) in [5.74, 6) is -1.53. The maximum atomic E-state index is 13.8. The van der Waals surface area contributed by atoms with E-state index in [9.17, 15) is 18.8 Å². The van der Waals surface area contributed by atoms with Crippen LogP contribution < -0.4 is 9.64 Å². The van der Waals surface area contributed by atoms with Gasteiger partial charge in [-0.1, -0.05) is 53.3 Å². The molecule has 3 aromatic rings. The zero-order valence-corrected chi connectivity index (χ0v) is 21.8. The van der Waals surface area contributed by atoms with Crippen LogP contribution in [-0.4, -0.2) is 59.2 Å². The van der Waals surface area contributed by atoms with Crippen molar-refractivity contribution in [3.63, 3.8) is 0 Å². The summed E-state index contributed by atoms with van der Waals surface area (Å²) in [7, 11) is 1.58. The molecule has 3 heterocycles. The second kappa shape index (κ2) is 9.99. The average Bonchev–Trinajstić information content (AvgIpc) is 3.64. The molecule has 1 fully saturated rings. The van der Waals surface area contributed by atoms with Gasteiger partial charge in [-0.25, -0.2) is 14.3 Å². The standard InChI is InChI=1S/C29H25FN6O4/c1-17-6-8-18(9-7-17)23-15-24(19-10-12-22(40-2)13-11-19)36(32-23)25(37)16-34-27-26(31-33-34)28(38)35(29(27)39)21-5-3-4-20(30)14-21/h3-14,24,26-27H,15-16H2,1-2H3/t24-,26+,27-/m1/s1. The van der Waals surface area contributed by atoms with E-state index in [4.69, 9.17) is 4.74 Å². The molecule has 40 heavy (non-hydrogen) atoms. The Morgan fingerprint density at radius 2 is 1.77 bits per heavy atom. The lowest BCUT2D eigenvalue weighted by Crippen LogP contribution is -2.44. The Labute approximate surface area is 229 Å². The van der Waals surface area contributed by atoms with Gasteiger partial charge in [0.2, 0.25) is 0 Å². The highest BCUT2D eigenvalue weighted by atomic mass is 19.1. The highest BCUT2D eigenvalue weighted by Gasteiger charge is 2.55. The van der Waals surface area contributed by atoms with Gasteiger partial charge in [0.05, 0.1) is 24.6 Å². The zero-order chi connectivity index (χ0) is 28.0. The van der Waals surface area contributed by atoms with Crippen LogP contribution >= 0.6 is 0 Å². The number of aryl methyl sites for hydroxylation is 1. The number of amides is 3. The van der Waals surface area contributed by atoms with Gasteiger partial charge in [-0.3, -0.25) is 19.4 Å². The molecular weight excluding hydrogens is 515 g/mol. The number of methoxy groups -OCH3 is 1. The molecule has 3 aliphatic rings. The summed E-state index contributed by atoms with van der Waals surface area (Å²) in [6.07, 6.45) is 0.486. The third-order valence-corrected chi connectivity index (χ3v) is 7.27. The minimum Gasteiger partial charge on any atom is -0.497 e. The van der Waals surface area contributed by atoms with E-state index in [-0.39, 0.29) is 12.2 Å². The Hall–Kier alpha value is -4.93. The molecule has 3 atom stereocenters. The van der Waals surface area contributed by atoms with Crippen LogP contribution in [0.3, 0.4) is 0 Å². The van der Waals surface area contributed by atoms with Crippen molar-refractivity contribution in [2.45, 2.75) is 31.5 Å². The van der Waals surface area contributed by atoms with Crippen molar-refractivity contribution in [3.05, 3.63) is 95.3 Å². The third kappa shape index (κ3) is 4.39. The van der Waals surface area contributed by atoms with Crippen LogP contribution in [0.1, 0.15) is 29.2 Å². The molecule has 0 N–H and O–H groups in total. The molecule has 0 unspecified atom stereocenters. The molecule has 202 valence electrons. The smallest absolute Gasteiger partial charge is 0.264 e. The molecule has 0 aromatic heterocycles. The zero-order valence-electron chi connectivity index (χ0n) is 21.8. The van der Waals surface area contributed by atoms with E-state index in [1.165, 1.54) is 28.2 Å². The summed E-state index contributed by atoms with van der Waals surface area (Å²) in [6, 6.07) is 18.0. The molecule has 3 amide bonds. The number of hydrogen-bond donors (Lipinski definition) is 0. The summed E-state index contributed by atoms with van der Waals surface area (Å²) in [5.41, 5.74) is 3.74. The van der Waals surface area contributed by atoms with Crippen molar-refractivity contribution in [1.82, 2.24) is 10.0 Å². The molecule has 0 saturated carbocycles. The predicted octanol–water partition coefficient (Wildman–Crippen LogP) is 3.81. The fourth-order valence-electron chi connectivity index (χ4n) is 5.18. The van der Waals surface area contributed by atoms with Gasteiger partial charge in [-0.05, 0) is 48.4 Å². The van der Waals surface area contributed by atoms with Crippen molar-refractivity contribution in [3.8, 4) is 5.75 Å². The Bertz CT molecular complexity index is 1560. The Morgan fingerprint density at radius 1 is 1.02 bits per heavy atom. The van der Waals surface area contributed by atoms with Gasteiger partial charge < -0.3 is 4.74 Å². The normalized spacial score (nSPS) is 21.7. The highest BCUT2D eigenvalue weighted by molar-refractivity contribution is 6.25. The number of imide groups is 1. The van der Waals surface area contributed by atoms with Crippen LogP contribution in [0.2, 0.25) is 0 Å². The minimum absolute atomic E-state index is 0.109. The second-order valence-corrected chi connectivity index (χ2v) is 9.83. The van der Waals surface area contributed by atoms with E-state index in [2.05, 4.69) is 15.4 Å². The topological polar surface area (TPSA) is 107 Å². The molecule has 3 aliphatic heterocycles. The monoisotopic (exact) mass is 540 g/mol. The lowest BCUT2D eigenvalue weighted by molar-refractivity contribution is -0.135. The van der Waals surface area contributed by atoms with E-state index in [0.717, 1.165) is 33.4 Å². The molecule has 0 radical (unpaired) electrons. The molecule has 3 aromatic carbocycles. The molecule has 11 heteroatoms. The van der Waals surface area contributed by atoms with Crippen LogP contribution in [0.25, 0.3) is 0 Å². The predicted molar refractivity (Wildman–Crippen MR) is 143 cm³/mol. The van der Waals surface area contributed by atoms with E-state index >= 15 is 0 Å². The van der Waals surface area contributed by atoms with Gasteiger partial charge in [0.15, 0.2) is 12.1 Å². The number of halogens is 1. The summed E-state index contributed by atoms with van der Waals surface area (Å²) in [6.45, 7) is 1.68. The van der Waals surface area contributed by atoms with Gasteiger partial charge >= 0.3 is 0 Å². The number of nitrogens with zero attached hydrogens (tertiary/aromatic N) is 6. The van der Waals surface area contributed by atoms with Gasteiger partial charge in [-0.15, -0.1) is 0 Å². The summed E-state index contributed by atoms with van der Waals surface area (Å²) in [4.78, 5) is 40.9. The van der Waals surface area contributed by atoms with Crippen LogP contribution in [-0.2, 0) is 14.4 Å². The molecule has 0 bridgehead atoms. The van der Waals surface area contributed by atoms with Gasteiger partial charge in [-0.2, -0.15) is 10.2 Å². The molecule has 6 rings (SSSR count). The van der Waals surface area contributed by atoms with Gasteiger partial charge in [0.25, 0.3) is 17.7 Å². The Morgan fingerprint density at radius 3 is 2.48 bits per heavy atom. The highest BCUT2D eigenvalue weighted by Crippen LogP contribution is 2.36. The van der Waals surface area contributed by atoms with Crippen molar-refractivity contribution >= 4 is 29.1 Å². The van der Waals surface area contributed by atoms with Crippen LogP contribution in [0, 0.1) is 12.7 Å². The van der Waals surface area contributed by atoms with E-state index in [0.29, 0.717) is 12.2 Å². The molecule has 10 nitrogen and oxygen atoms in total. The van der Waals surface area contributed by atoms with Crippen LogP contribution in [0.4, 0.5) is 10.1 Å². The number of hydrogen-bond acceptors (Lipinski definition) is 8. The number of carbonyl (C=O) groups excluding carboxylic acids is 3. The first-order valence-corrected chi connectivity index (χ1v) is 12.8. The quantitative estimate of drug-likeness (QED) is 0.442. The van der Waals surface area contributed by atoms with E-state index < -0.39 is 41.7 Å². The first kappa shape index (κ1) is 25.4. The summed E-state index contributed by atoms with van der Waals surface area (Å²) in [5, 5.41) is 15.3. The second-order valence-electron chi connectivity index (χ2n) is 9.83. The molecular formula is C29H25FN6O4. The number of hydrazone groups is 1. The molecule has 0 aliphatic carbocycles. The van der Waals surface area contributed by atoms with Crippen molar-refractivity contribution in [1.29, 1.82) is 0 Å². The first-order chi connectivity index (χ1) is 19.3. The number of benzene rings is 3. The number of fused-ring (bicyclic) bond motifs is 1. The van der Waals surface area contributed by atoms with Crippen LogP contribution in [0.5, 0.6) is 5.75 Å². The maximum Gasteiger partial charge on any atom is 0.264 e. The minimum atomic E-state index is -1.11. The Kier molecular flexibility index (Phi) is 6.33. The number of carbonyl (C=O) groups is 3.